The molecule has 0 aromatic heterocycles. The lowest BCUT2D eigenvalue weighted by atomic mass is 10.1. The van der Waals surface area contributed by atoms with Crippen LogP contribution in [0.4, 0.5) is 5.69 Å². The van der Waals surface area contributed by atoms with Crippen molar-refractivity contribution in [2.75, 3.05) is 45.3 Å². The molecule has 0 bridgehead atoms. The van der Waals surface area contributed by atoms with Crippen molar-refractivity contribution in [1.82, 2.24) is 4.90 Å². The van der Waals surface area contributed by atoms with Crippen molar-refractivity contribution in [1.29, 1.82) is 0 Å². The molecule has 0 spiro atoms. The molecule has 0 saturated carbocycles. The maximum absolute atomic E-state index is 13.1. The number of carbonyl (C=O) groups excluding carboxylic acids is 1. The van der Waals surface area contributed by atoms with E-state index in [2.05, 4.69) is 17.0 Å². The first kappa shape index (κ1) is 19.9. The normalized spacial score (nSPS) is 14.2. The van der Waals surface area contributed by atoms with E-state index in [1.807, 2.05) is 36.9 Å². The number of piperazine rings is 1. The Morgan fingerprint density at radius 2 is 1.46 bits per heavy atom. The van der Waals surface area contributed by atoms with E-state index < -0.39 is 0 Å². The van der Waals surface area contributed by atoms with Crippen molar-refractivity contribution in [3.8, 4) is 17.2 Å². The molecule has 3 rings (SSSR count). The summed E-state index contributed by atoms with van der Waals surface area (Å²) in [5.41, 5.74) is 1.62. The van der Waals surface area contributed by atoms with Gasteiger partial charge in [-0.1, -0.05) is 6.07 Å². The average Bonchev–Trinajstić information content (AvgIpc) is 2.73. The van der Waals surface area contributed by atoms with Gasteiger partial charge in [0.15, 0.2) is 0 Å². The molecule has 0 unspecified atom stereocenters. The number of ether oxygens (including phenoxy) is 3. The third-order valence-electron chi connectivity index (χ3n) is 4.78. The lowest BCUT2D eigenvalue weighted by Crippen LogP contribution is -2.48. The quantitative estimate of drug-likeness (QED) is 0.764. The molecule has 1 heterocycles. The Hall–Kier alpha value is -2.89. The number of amides is 1. The topological polar surface area (TPSA) is 51.2 Å². The van der Waals surface area contributed by atoms with Crippen LogP contribution in [0.3, 0.4) is 0 Å². The summed E-state index contributed by atoms with van der Waals surface area (Å²) in [5, 5.41) is 0. The van der Waals surface area contributed by atoms with Crippen molar-refractivity contribution in [2.24, 2.45) is 0 Å². The van der Waals surface area contributed by atoms with Gasteiger partial charge in [0.25, 0.3) is 5.91 Å². The Labute approximate surface area is 166 Å². The lowest BCUT2D eigenvalue weighted by Gasteiger charge is -2.36. The van der Waals surface area contributed by atoms with Gasteiger partial charge >= 0.3 is 0 Å². The largest absolute Gasteiger partial charge is 0.496 e. The van der Waals surface area contributed by atoms with Crippen molar-refractivity contribution in [3.63, 3.8) is 0 Å². The van der Waals surface area contributed by atoms with E-state index >= 15 is 0 Å². The summed E-state index contributed by atoms with van der Waals surface area (Å²) < 4.78 is 16.5. The number of carbonyl (C=O) groups is 1. The predicted octanol–water partition coefficient (Wildman–Crippen LogP) is 3.45. The number of anilines is 1. The van der Waals surface area contributed by atoms with Gasteiger partial charge in [0.05, 0.1) is 20.3 Å². The molecule has 6 heteroatoms. The van der Waals surface area contributed by atoms with Crippen LogP contribution >= 0.6 is 0 Å². The van der Waals surface area contributed by atoms with Gasteiger partial charge in [0.2, 0.25) is 0 Å². The standard InChI is InChI=1S/C22H28N2O4/c1-16(2)28-18-10-8-17(9-11-18)23-12-14-24(15-13-23)22(25)21-19(26-3)6-5-7-20(21)27-4/h5-11,16H,12-15H2,1-4H3. The second-order valence-electron chi connectivity index (χ2n) is 6.98. The van der Waals surface area contributed by atoms with Gasteiger partial charge in [0.1, 0.15) is 22.8 Å². The monoisotopic (exact) mass is 384 g/mol. The molecule has 28 heavy (non-hydrogen) atoms. The fourth-order valence-electron chi connectivity index (χ4n) is 3.40. The molecule has 0 aliphatic carbocycles. The van der Waals surface area contributed by atoms with Crippen LogP contribution in [0.1, 0.15) is 24.2 Å². The zero-order valence-electron chi connectivity index (χ0n) is 17.0. The maximum Gasteiger partial charge on any atom is 0.261 e. The lowest BCUT2D eigenvalue weighted by molar-refractivity contribution is 0.0740. The summed E-state index contributed by atoms with van der Waals surface area (Å²) in [4.78, 5) is 17.2. The number of rotatable bonds is 6. The molecule has 2 aromatic carbocycles. The highest BCUT2D eigenvalue weighted by Gasteiger charge is 2.27. The number of benzene rings is 2. The first-order valence-corrected chi connectivity index (χ1v) is 9.55. The van der Waals surface area contributed by atoms with Crippen LogP contribution < -0.4 is 19.1 Å². The summed E-state index contributed by atoms with van der Waals surface area (Å²) >= 11 is 0. The van der Waals surface area contributed by atoms with Crippen LogP contribution in [0, 0.1) is 0 Å². The molecule has 2 aromatic rings. The zero-order valence-corrected chi connectivity index (χ0v) is 17.0. The molecule has 0 radical (unpaired) electrons. The molecule has 1 aliphatic heterocycles. The van der Waals surface area contributed by atoms with Crippen LogP contribution in [0.15, 0.2) is 42.5 Å². The van der Waals surface area contributed by atoms with Crippen LogP contribution in [-0.2, 0) is 0 Å². The second-order valence-corrected chi connectivity index (χ2v) is 6.98. The highest BCUT2D eigenvalue weighted by Crippen LogP contribution is 2.30. The van der Waals surface area contributed by atoms with Crippen LogP contribution in [0.25, 0.3) is 0 Å². The third-order valence-corrected chi connectivity index (χ3v) is 4.78. The van der Waals surface area contributed by atoms with Crippen molar-refractivity contribution < 1.29 is 19.0 Å². The highest BCUT2D eigenvalue weighted by atomic mass is 16.5. The highest BCUT2D eigenvalue weighted by molar-refractivity contribution is 5.99. The third kappa shape index (κ3) is 4.32. The van der Waals surface area contributed by atoms with Gasteiger partial charge in [0, 0.05) is 31.9 Å². The van der Waals surface area contributed by atoms with Gasteiger partial charge in [-0.15, -0.1) is 0 Å². The molecular weight excluding hydrogens is 356 g/mol. The minimum absolute atomic E-state index is 0.0605. The Bertz CT molecular complexity index is 774. The Morgan fingerprint density at radius 1 is 0.893 bits per heavy atom. The maximum atomic E-state index is 13.1. The minimum Gasteiger partial charge on any atom is -0.496 e. The molecule has 6 nitrogen and oxygen atoms in total. The fourth-order valence-corrected chi connectivity index (χ4v) is 3.40. The fraction of sp³-hybridized carbons (Fsp3) is 0.409. The zero-order chi connectivity index (χ0) is 20.1. The molecule has 1 aliphatic rings. The minimum atomic E-state index is -0.0605. The first-order chi connectivity index (χ1) is 13.5. The Morgan fingerprint density at radius 3 is 1.96 bits per heavy atom. The second kappa shape index (κ2) is 8.87. The first-order valence-electron chi connectivity index (χ1n) is 9.55. The van der Waals surface area contributed by atoms with Gasteiger partial charge in [-0.2, -0.15) is 0 Å². The Kier molecular flexibility index (Phi) is 6.29. The van der Waals surface area contributed by atoms with E-state index in [0.717, 1.165) is 24.5 Å². The van der Waals surface area contributed by atoms with Crippen LogP contribution in [0.5, 0.6) is 17.2 Å². The summed E-state index contributed by atoms with van der Waals surface area (Å²) in [6, 6.07) is 13.5. The van der Waals surface area contributed by atoms with Crippen LogP contribution in [0.2, 0.25) is 0 Å². The van der Waals surface area contributed by atoms with Gasteiger partial charge in [-0.05, 0) is 50.2 Å². The van der Waals surface area contributed by atoms with Gasteiger partial charge in [-0.3, -0.25) is 4.79 Å². The molecular formula is C22H28N2O4. The molecule has 1 amide bonds. The average molecular weight is 384 g/mol. The number of hydrogen-bond acceptors (Lipinski definition) is 5. The van der Waals surface area contributed by atoms with Crippen molar-refractivity contribution in [2.45, 2.75) is 20.0 Å². The predicted molar refractivity (Wildman–Crippen MR) is 110 cm³/mol. The molecule has 1 fully saturated rings. The summed E-state index contributed by atoms with van der Waals surface area (Å²) in [6.45, 7) is 6.86. The summed E-state index contributed by atoms with van der Waals surface area (Å²) in [6.07, 6.45) is 0.160. The van der Waals surface area contributed by atoms with E-state index in [1.54, 1.807) is 26.4 Å². The molecule has 0 N–H and O–H groups in total. The molecule has 0 atom stereocenters. The van der Waals surface area contributed by atoms with E-state index in [4.69, 9.17) is 14.2 Å². The van der Waals surface area contributed by atoms with Crippen LogP contribution in [-0.4, -0.2) is 57.3 Å². The Balaban J connectivity index is 1.66. The van der Waals surface area contributed by atoms with Gasteiger partial charge in [-0.25, -0.2) is 0 Å². The number of hydrogen-bond donors (Lipinski definition) is 0. The van der Waals surface area contributed by atoms with Crippen molar-refractivity contribution >= 4 is 11.6 Å². The van der Waals surface area contributed by atoms with E-state index in [1.165, 1.54) is 0 Å². The molecule has 1 saturated heterocycles. The molecule has 150 valence electrons. The van der Waals surface area contributed by atoms with Crippen molar-refractivity contribution in [3.05, 3.63) is 48.0 Å². The summed E-state index contributed by atoms with van der Waals surface area (Å²) in [7, 11) is 3.13. The number of methoxy groups -OCH3 is 2. The smallest absolute Gasteiger partial charge is 0.261 e. The van der Waals surface area contributed by atoms with E-state index in [0.29, 0.717) is 30.2 Å². The van der Waals surface area contributed by atoms with Gasteiger partial charge < -0.3 is 24.0 Å². The number of nitrogens with zero attached hydrogens (tertiary/aromatic N) is 2. The summed E-state index contributed by atoms with van der Waals surface area (Å²) in [5.74, 6) is 1.88. The van der Waals surface area contributed by atoms with E-state index in [9.17, 15) is 4.79 Å². The SMILES string of the molecule is COc1cccc(OC)c1C(=O)N1CCN(c2ccc(OC(C)C)cc2)CC1. The van der Waals surface area contributed by atoms with E-state index in [-0.39, 0.29) is 12.0 Å².